The maximum atomic E-state index is 13.2. The second kappa shape index (κ2) is 6.64. The third-order valence-corrected chi connectivity index (χ3v) is 4.60. The van der Waals surface area contributed by atoms with Crippen molar-refractivity contribution in [3.63, 3.8) is 0 Å². The molecule has 4 nitrogen and oxygen atoms in total. The molecule has 2 amide bonds. The van der Waals surface area contributed by atoms with E-state index in [1.165, 1.54) is 11.0 Å². The average molecular weight is 322 g/mol. The first kappa shape index (κ1) is 15.9. The number of carbonyl (C=O) groups excluding carboxylic acids is 2. The predicted octanol–water partition coefficient (Wildman–Crippen LogP) is 2.44. The lowest BCUT2D eigenvalue weighted by atomic mass is 9.97. The van der Waals surface area contributed by atoms with Gasteiger partial charge in [0.15, 0.2) is 11.6 Å². The van der Waals surface area contributed by atoms with Crippen LogP contribution in [0.4, 0.5) is 8.78 Å². The van der Waals surface area contributed by atoms with Crippen LogP contribution in [0.25, 0.3) is 0 Å². The normalized spacial score (nSPS) is 19.2. The fraction of sp³-hybridized carbons (Fsp3) is 0.529. The summed E-state index contributed by atoms with van der Waals surface area (Å²) in [5.41, 5.74) is 0.115. The highest BCUT2D eigenvalue weighted by Gasteiger charge is 2.38. The third-order valence-electron chi connectivity index (χ3n) is 4.60. The minimum absolute atomic E-state index is 0.112. The molecule has 23 heavy (non-hydrogen) atoms. The SMILES string of the molecule is O=C(c1ccc(F)c(F)c1)N1CC(C(=O)N2CCCCCC2)C1. The molecule has 2 aliphatic heterocycles. The molecule has 0 unspecified atom stereocenters. The highest BCUT2D eigenvalue weighted by Crippen LogP contribution is 2.23. The van der Waals surface area contributed by atoms with Gasteiger partial charge in [0.05, 0.1) is 5.92 Å². The number of benzene rings is 1. The zero-order valence-corrected chi connectivity index (χ0v) is 12.9. The number of nitrogens with zero attached hydrogens (tertiary/aromatic N) is 2. The molecule has 0 N–H and O–H groups in total. The van der Waals surface area contributed by atoms with Gasteiger partial charge in [-0.25, -0.2) is 8.78 Å². The number of likely N-dealkylation sites (tertiary alicyclic amines) is 2. The minimum atomic E-state index is -1.03. The number of amides is 2. The molecule has 1 aromatic rings. The standard InChI is InChI=1S/C17H20F2N2O2/c18-14-6-5-12(9-15(14)19)16(22)21-10-13(11-21)17(23)20-7-3-1-2-4-8-20/h5-6,9,13H,1-4,7-8,10-11H2. The van der Waals surface area contributed by atoms with E-state index in [9.17, 15) is 18.4 Å². The Balaban J connectivity index is 1.56. The van der Waals surface area contributed by atoms with Crippen LogP contribution in [0.3, 0.4) is 0 Å². The fourth-order valence-electron chi connectivity index (χ4n) is 3.16. The lowest BCUT2D eigenvalue weighted by molar-refractivity contribution is -0.139. The number of hydrogen-bond donors (Lipinski definition) is 0. The molecule has 0 atom stereocenters. The van der Waals surface area contributed by atoms with Gasteiger partial charge in [-0.1, -0.05) is 12.8 Å². The largest absolute Gasteiger partial charge is 0.342 e. The van der Waals surface area contributed by atoms with Gasteiger partial charge in [-0.2, -0.15) is 0 Å². The number of carbonyl (C=O) groups is 2. The summed E-state index contributed by atoms with van der Waals surface area (Å²) in [7, 11) is 0. The molecule has 2 heterocycles. The van der Waals surface area contributed by atoms with Gasteiger partial charge in [-0.05, 0) is 31.0 Å². The summed E-state index contributed by atoms with van der Waals surface area (Å²) in [6.07, 6.45) is 4.40. The van der Waals surface area contributed by atoms with Crippen molar-refractivity contribution in [2.24, 2.45) is 5.92 Å². The average Bonchev–Trinajstić information content (AvgIpc) is 2.77. The zero-order valence-electron chi connectivity index (χ0n) is 12.9. The first-order valence-electron chi connectivity index (χ1n) is 8.09. The molecule has 0 spiro atoms. The number of halogens is 2. The second-order valence-corrected chi connectivity index (χ2v) is 6.28. The van der Waals surface area contributed by atoms with E-state index < -0.39 is 11.6 Å². The van der Waals surface area contributed by atoms with E-state index in [4.69, 9.17) is 0 Å². The predicted molar refractivity (Wildman–Crippen MR) is 80.8 cm³/mol. The number of hydrogen-bond acceptors (Lipinski definition) is 2. The lowest BCUT2D eigenvalue weighted by Gasteiger charge is -2.40. The van der Waals surface area contributed by atoms with Crippen LogP contribution in [-0.2, 0) is 4.79 Å². The van der Waals surface area contributed by atoms with Gasteiger partial charge in [0.25, 0.3) is 5.91 Å². The van der Waals surface area contributed by atoms with Crippen molar-refractivity contribution < 1.29 is 18.4 Å². The maximum absolute atomic E-state index is 13.2. The van der Waals surface area contributed by atoms with Gasteiger partial charge >= 0.3 is 0 Å². The minimum Gasteiger partial charge on any atom is -0.342 e. The van der Waals surface area contributed by atoms with Crippen molar-refractivity contribution in [3.05, 3.63) is 35.4 Å². The Morgan fingerprint density at radius 3 is 2.17 bits per heavy atom. The Morgan fingerprint density at radius 1 is 0.913 bits per heavy atom. The molecule has 2 fully saturated rings. The second-order valence-electron chi connectivity index (χ2n) is 6.28. The summed E-state index contributed by atoms with van der Waals surface area (Å²) in [4.78, 5) is 28.0. The van der Waals surface area contributed by atoms with Gasteiger partial charge < -0.3 is 9.80 Å². The highest BCUT2D eigenvalue weighted by molar-refractivity contribution is 5.96. The van der Waals surface area contributed by atoms with Crippen molar-refractivity contribution in [2.45, 2.75) is 25.7 Å². The molecule has 6 heteroatoms. The van der Waals surface area contributed by atoms with Crippen molar-refractivity contribution in [1.82, 2.24) is 9.80 Å². The van der Waals surface area contributed by atoms with E-state index in [-0.39, 0.29) is 23.3 Å². The summed E-state index contributed by atoms with van der Waals surface area (Å²) in [5.74, 6) is -2.42. The summed E-state index contributed by atoms with van der Waals surface area (Å²) in [5, 5.41) is 0. The fourth-order valence-corrected chi connectivity index (χ4v) is 3.16. The van der Waals surface area contributed by atoms with E-state index in [0.717, 1.165) is 50.9 Å². The molecule has 3 rings (SSSR count). The Labute approximate surface area is 134 Å². The molecule has 0 bridgehead atoms. The monoisotopic (exact) mass is 322 g/mol. The quantitative estimate of drug-likeness (QED) is 0.839. The van der Waals surface area contributed by atoms with Crippen LogP contribution >= 0.6 is 0 Å². The molecule has 0 saturated carbocycles. The van der Waals surface area contributed by atoms with Crippen LogP contribution < -0.4 is 0 Å². The smallest absolute Gasteiger partial charge is 0.254 e. The molecule has 124 valence electrons. The van der Waals surface area contributed by atoms with Gasteiger partial charge in [0, 0.05) is 31.7 Å². The third kappa shape index (κ3) is 3.35. The van der Waals surface area contributed by atoms with Crippen molar-refractivity contribution >= 4 is 11.8 Å². The Kier molecular flexibility index (Phi) is 4.59. The first-order chi connectivity index (χ1) is 11.1. The van der Waals surface area contributed by atoms with E-state index in [1.54, 1.807) is 0 Å². The van der Waals surface area contributed by atoms with Crippen molar-refractivity contribution in [3.8, 4) is 0 Å². The van der Waals surface area contributed by atoms with Crippen LogP contribution in [0.5, 0.6) is 0 Å². The molecular weight excluding hydrogens is 302 g/mol. The van der Waals surface area contributed by atoms with E-state index in [0.29, 0.717) is 13.1 Å². The van der Waals surface area contributed by atoms with E-state index in [2.05, 4.69) is 0 Å². The van der Waals surface area contributed by atoms with Gasteiger partial charge in [0.2, 0.25) is 5.91 Å². The molecule has 0 radical (unpaired) electrons. The van der Waals surface area contributed by atoms with Crippen molar-refractivity contribution in [1.29, 1.82) is 0 Å². The van der Waals surface area contributed by atoms with Crippen LogP contribution in [0.1, 0.15) is 36.0 Å². The summed E-state index contributed by atoms with van der Waals surface area (Å²) in [6, 6.07) is 3.12. The Bertz CT molecular complexity index is 607. The molecule has 0 aliphatic carbocycles. The molecule has 2 aliphatic rings. The van der Waals surface area contributed by atoms with Crippen LogP contribution in [0.15, 0.2) is 18.2 Å². The topological polar surface area (TPSA) is 40.6 Å². The van der Waals surface area contributed by atoms with E-state index >= 15 is 0 Å². The zero-order chi connectivity index (χ0) is 16.4. The molecule has 0 aromatic heterocycles. The Hall–Kier alpha value is -1.98. The summed E-state index contributed by atoms with van der Waals surface area (Å²) < 4.78 is 26.1. The number of rotatable bonds is 2. The van der Waals surface area contributed by atoms with E-state index in [1.807, 2.05) is 4.90 Å². The van der Waals surface area contributed by atoms with Gasteiger partial charge in [-0.3, -0.25) is 9.59 Å². The first-order valence-corrected chi connectivity index (χ1v) is 8.09. The molecular formula is C17H20F2N2O2. The van der Waals surface area contributed by atoms with Crippen LogP contribution in [-0.4, -0.2) is 47.8 Å². The summed E-state index contributed by atoms with van der Waals surface area (Å²) >= 11 is 0. The van der Waals surface area contributed by atoms with Gasteiger partial charge in [-0.15, -0.1) is 0 Å². The van der Waals surface area contributed by atoms with Crippen LogP contribution in [0, 0.1) is 17.6 Å². The summed E-state index contributed by atoms with van der Waals surface area (Å²) in [6.45, 7) is 2.30. The highest BCUT2D eigenvalue weighted by atomic mass is 19.2. The van der Waals surface area contributed by atoms with Crippen LogP contribution in [0.2, 0.25) is 0 Å². The maximum Gasteiger partial charge on any atom is 0.254 e. The lowest BCUT2D eigenvalue weighted by Crippen LogP contribution is -2.56. The van der Waals surface area contributed by atoms with Gasteiger partial charge in [0.1, 0.15) is 0 Å². The molecule has 2 saturated heterocycles. The molecule has 1 aromatic carbocycles. The van der Waals surface area contributed by atoms with Crippen molar-refractivity contribution in [2.75, 3.05) is 26.2 Å². The Morgan fingerprint density at radius 2 is 1.57 bits per heavy atom.